The van der Waals surface area contributed by atoms with Crippen LogP contribution in [0.25, 0.3) is 22.1 Å². The molecule has 1 aliphatic rings. The van der Waals surface area contributed by atoms with Crippen LogP contribution in [-0.2, 0) is 13.0 Å². The van der Waals surface area contributed by atoms with Crippen molar-refractivity contribution in [3.05, 3.63) is 34.3 Å². The number of likely N-dealkylation sites (N-methyl/N-ethyl adjacent to an activating group) is 1. The fraction of sp³-hybridized carbons (Fsp3) is 0.458. The van der Waals surface area contributed by atoms with Crippen LogP contribution in [0.3, 0.4) is 0 Å². The van der Waals surface area contributed by atoms with E-state index in [1.54, 1.807) is 6.20 Å². The third-order valence-corrected chi connectivity index (χ3v) is 7.73. The predicted molar refractivity (Wildman–Crippen MR) is 144 cm³/mol. The van der Waals surface area contributed by atoms with Crippen molar-refractivity contribution in [2.24, 2.45) is 5.73 Å². The van der Waals surface area contributed by atoms with Crippen molar-refractivity contribution in [1.29, 1.82) is 5.41 Å². The number of aryl methyl sites for hydroxylation is 2. The van der Waals surface area contributed by atoms with Crippen molar-refractivity contribution in [3.63, 3.8) is 0 Å². The molecule has 0 radical (unpaired) electrons. The summed E-state index contributed by atoms with van der Waals surface area (Å²) >= 11 is 8.14. The minimum atomic E-state index is 0.119. The number of nitrogens with zero attached hydrogens (tertiary/aromatic N) is 7. The van der Waals surface area contributed by atoms with E-state index in [-0.39, 0.29) is 6.04 Å². The molecule has 1 fully saturated rings. The van der Waals surface area contributed by atoms with Crippen LogP contribution in [0.4, 0.5) is 5.82 Å². The molecule has 0 bridgehead atoms. The molecule has 5 heterocycles. The molecule has 4 aromatic heterocycles. The predicted octanol–water partition coefficient (Wildman–Crippen LogP) is 2.96. The lowest BCUT2D eigenvalue weighted by atomic mass is 10.3. The summed E-state index contributed by atoms with van der Waals surface area (Å²) in [6, 6.07) is 2.07. The van der Waals surface area contributed by atoms with E-state index in [1.165, 1.54) is 11.8 Å². The molecule has 10 nitrogen and oxygen atoms in total. The van der Waals surface area contributed by atoms with Gasteiger partial charge in [-0.1, -0.05) is 18.5 Å². The Bertz CT molecular complexity index is 1490. The minimum Gasteiger partial charge on any atom is -0.354 e. The Labute approximate surface area is 218 Å². The molecule has 1 aliphatic heterocycles. The standard InChI is InChI=1S/C24H31ClN10S/c1-5-16-19(25)18-22(30-16)31-24(32-23(18)34-7-6-14(26)12-34)36-15-10-17-20(28-11-15)21(27)35(13(2)29-17)9-8-33(3)4/h10-11,14,27H,5-9,12,26H2,1-4H3,(H,30,31,32)/t14-/m1/s1. The summed E-state index contributed by atoms with van der Waals surface area (Å²) in [5.41, 5.74) is 9.50. The first kappa shape index (κ1) is 24.9. The Morgan fingerprint density at radius 3 is 2.81 bits per heavy atom. The Kier molecular flexibility index (Phi) is 6.90. The Morgan fingerprint density at radius 1 is 1.31 bits per heavy atom. The second-order valence-corrected chi connectivity index (χ2v) is 10.8. The van der Waals surface area contributed by atoms with E-state index in [0.29, 0.717) is 33.2 Å². The van der Waals surface area contributed by atoms with E-state index in [4.69, 9.17) is 37.7 Å². The number of halogens is 1. The van der Waals surface area contributed by atoms with E-state index in [9.17, 15) is 0 Å². The number of aromatic amines is 1. The third kappa shape index (κ3) is 4.68. The van der Waals surface area contributed by atoms with Crippen molar-refractivity contribution >= 4 is 51.2 Å². The molecule has 12 heteroatoms. The summed E-state index contributed by atoms with van der Waals surface area (Å²) in [5, 5.41) is 10.8. The highest BCUT2D eigenvalue weighted by Gasteiger charge is 2.26. The van der Waals surface area contributed by atoms with Crippen LogP contribution < -0.4 is 16.1 Å². The molecule has 1 atom stereocenters. The lowest BCUT2D eigenvalue weighted by Gasteiger charge is -2.18. The van der Waals surface area contributed by atoms with Gasteiger partial charge in [0.2, 0.25) is 0 Å². The van der Waals surface area contributed by atoms with Gasteiger partial charge in [0.15, 0.2) is 10.6 Å². The average molecular weight is 527 g/mol. The van der Waals surface area contributed by atoms with Crippen LogP contribution >= 0.6 is 23.4 Å². The second kappa shape index (κ2) is 9.97. The van der Waals surface area contributed by atoms with Gasteiger partial charge in [-0.3, -0.25) is 5.41 Å². The third-order valence-electron chi connectivity index (χ3n) is 6.49. The van der Waals surface area contributed by atoms with Gasteiger partial charge in [0.05, 0.1) is 15.9 Å². The summed E-state index contributed by atoms with van der Waals surface area (Å²) in [6.07, 6.45) is 3.46. The number of fused-ring (bicyclic) bond motifs is 2. The number of nitrogens with two attached hydrogens (primary N) is 1. The molecule has 0 aliphatic carbocycles. The highest BCUT2D eigenvalue weighted by atomic mass is 35.5. The Balaban J connectivity index is 1.53. The van der Waals surface area contributed by atoms with Crippen molar-refractivity contribution < 1.29 is 0 Å². The van der Waals surface area contributed by atoms with Gasteiger partial charge in [-0.15, -0.1) is 0 Å². The number of nitrogens with one attached hydrogen (secondary N) is 2. The van der Waals surface area contributed by atoms with Crippen LogP contribution in [0.2, 0.25) is 5.02 Å². The molecule has 0 aromatic carbocycles. The highest BCUT2D eigenvalue weighted by Crippen LogP contribution is 2.37. The van der Waals surface area contributed by atoms with Crippen molar-refractivity contribution in [1.82, 2.24) is 34.4 Å². The first-order chi connectivity index (χ1) is 17.2. The van der Waals surface area contributed by atoms with Crippen molar-refractivity contribution in [2.75, 3.05) is 38.6 Å². The van der Waals surface area contributed by atoms with E-state index in [1.807, 2.05) is 31.7 Å². The number of hydrogen-bond acceptors (Lipinski definition) is 9. The fourth-order valence-corrected chi connectivity index (χ4v) is 5.64. The van der Waals surface area contributed by atoms with Gasteiger partial charge in [-0.05, 0) is 51.7 Å². The Morgan fingerprint density at radius 2 is 2.11 bits per heavy atom. The molecule has 190 valence electrons. The zero-order valence-electron chi connectivity index (χ0n) is 21.0. The fourth-order valence-electron chi connectivity index (χ4n) is 4.53. The van der Waals surface area contributed by atoms with E-state index >= 15 is 0 Å². The molecule has 0 spiro atoms. The maximum atomic E-state index is 8.67. The maximum absolute atomic E-state index is 8.67. The molecule has 0 amide bonds. The lowest BCUT2D eigenvalue weighted by molar-refractivity contribution is 0.376. The number of rotatable bonds is 7. The molecule has 4 N–H and O–H groups in total. The van der Waals surface area contributed by atoms with Gasteiger partial charge in [-0.2, -0.15) is 0 Å². The summed E-state index contributed by atoms with van der Waals surface area (Å²) in [5.74, 6) is 1.60. The molecule has 4 aromatic rings. The quantitative estimate of drug-likeness (QED) is 0.313. The number of hydrogen-bond donors (Lipinski definition) is 3. The van der Waals surface area contributed by atoms with Crippen LogP contribution in [0.15, 0.2) is 22.3 Å². The van der Waals surface area contributed by atoms with Gasteiger partial charge < -0.3 is 25.1 Å². The first-order valence-corrected chi connectivity index (χ1v) is 13.3. The molecule has 1 saturated heterocycles. The zero-order valence-corrected chi connectivity index (χ0v) is 22.5. The first-order valence-electron chi connectivity index (χ1n) is 12.1. The number of H-pyrrole nitrogens is 1. The SMILES string of the molecule is CCc1[nH]c2nc(Sc3cnc4c(=N)n(CCN(C)C)c(C)nc4c3)nc(N3CC[C@@H](N)C3)c2c1Cl. The molecular weight excluding hydrogens is 496 g/mol. The van der Waals surface area contributed by atoms with E-state index in [2.05, 4.69) is 26.7 Å². The number of aromatic nitrogens is 6. The Hall–Kier alpha value is -2.73. The number of pyridine rings is 1. The topological polar surface area (TPSA) is 129 Å². The molecule has 5 rings (SSSR count). The molecule has 36 heavy (non-hydrogen) atoms. The van der Waals surface area contributed by atoms with Crippen LogP contribution in [0.5, 0.6) is 0 Å². The van der Waals surface area contributed by atoms with E-state index in [0.717, 1.165) is 65.7 Å². The van der Waals surface area contributed by atoms with Gasteiger partial charge in [0, 0.05) is 49.0 Å². The summed E-state index contributed by atoms with van der Waals surface area (Å²) in [7, 11) is 4.03. The van der Waals surface area contributed by atoms with Gasteiger partial charge in [0.25, 0.3) is 0 Å². The zero-order chi connectivity index (χ0) is 25.6. The normalized spacial score (nSPS) is 16.2. The van der Waals surface area contributed by atoms with Crippen LogP contribution in [0.1, 0.15) is 24.9 Å². The smallest absolute Gasteiger partial charge is 0.196 e. The molecular formula is C24H31ClN10S. The summed E-state index contributed by atoms with van der Waals surface area (Å²) in [4.78, 5) is 27.5. The minimum absolute atomic E-state index is 0.119. The maximum Gasteiger partial charge on any atom is 0.196 e. The second-order valence-electron chi connectivity index (χ2n) is 9.42. The highest BCUT2D eigenvalue weighted by molar-refractivity contribution is 7.99. The van der Waals surface area contributed by atoms with Gasteiger partial charge in [0.1, 0.15) is 22.8 Å². The van der Waals surface area contributed by atoms with Gasteiger partial charge in [-0.25, -0.2) is 19.9 Å². The van der Waals surface area contributed by atoms with Gasteiger partial charge >= 0.3 is 0 Å². The largest absolute Gasteiger partial charge is 0.354 e. The lowest BCUT2D eigenvalue weighted by Crippen LogP contribution is -2.29. The summed E-state index contributed by atoms with van der Waals surface area (Å²) in [6.45, 7) is 7.07. The van der Waals surface area contributed by atoms with Crippen LogP contribution in [0, 0.1) is 12.3 Å². The molecule has 0 saturated carbocycles. The van der Waals surface area contributed by atoms with Crippen molar-refractivity contribution in [3.8, 4) is 0 Å². The van der Waals surface area contributed by atoms with Crippen molar-refractivity contribution in [2.45, 2.75) is 49.3 Å². The van der Waals surface area contributed by atoms with Crippen LogP contribution in [-0.4, -0.2) is 74.2 Å². The van der Waals surface area contributed by atoms with E-state index < -0.39 is 0 Å². The average Bonchev–Trinajstić information content (AvgIpc) is 3.41. The monoisotopic (exact) mass is 526 g/mol. The molecule has 0 unspecified atom stereocenters. The summed E-state index contributed by atoms with van der Waals surface area (Å²) < 4.78 is 1.90. The number of anilines is 1.